The quantitative estimate of drug-likeness (QED) is 0.373. The summed E-state index contributed by atoms with van der Waals surface area (Å²) in [6, 6.07) is 12.9. The van der Waals surface area contributed by atoms with Crippen molar-refractivity contribution in [3.05, 3.63) is 77.4 Å². The Morgan fingerprint density at radius 1 is 0.825 bits per heavy atom. The molecule has 208 valence electrons. The molecular weight excluding hydrogens is 494 g/mol. The van der Waals surface area contributed by atoms with Crippen LogP contribution >= 0.6 is 0 Å². The van der Waals surface area contributed by atoms with E-state index in [1.54, 1.807) is 6.20 Å². The molecule has 6 heteroatoms. The summed E-state index contributed by atoms with van der Waals surface area (Å²) in [5.41, 5.74) is 9.41. The predicted octanol–water partition coefficient (Wildman–Crippen LogP) is 6.87. The summed E-state index contributed by atoms with van der Waals surface area (Å²) in [7, 11) is 0. The fourth-order valence-corrected chi connectivity index (χ4v) is 6.46. The summed E-state index contributed by atoms with van der Waals surface area (Å²) in [5, 5.41) is 3.16. The van der Waals surface area contributed by atoms with E-state index in [0.29, 0.717) is 0 Å². The number of aryl methyl sites for hydroxylation is 1. The number of hydrogen-bond acceptors (Lipinski definition) is 5. The molecule has 0 saturated carbocycles. The molecule has 3 aromatic rings. The molecule has 1 N–H and O–H groups in total. The van der Waals surface area contributed by atoms with Crippen LogP contribution in [0.4, 0.5) is 11.4 Å². The minimum Gasteiger partial charge on any atom is -0.370 e. The molecule has 0 unspecified atom stereocenters. The molecule has 3 aliphatic rings. The van der Waals surface area contributed by atoms with Crippen LogP contribution in [0.1, 0.15) is 75.1 Å². The number of aromatic nitrogens is 2. The van der Waals surface area contributed by atoms with Gasteiger partial charge in [-0.15, -0.1) is 0 Å². The summed E-state index contributed by atoms with van der Waals surface area (Å²) in [6.07, 6.45) is 16.3. The lowest BCUT2D eigenvalue weighted by Crippen LogP contribution is -2.29. The van der Waals surface area contributed by atoms with Crippen molar-refractivity contribution in [3.63, 3.8) is 0 Å². The monoisotopic (exact) mass is 535 g/mol. The molecule has 0 atom stereocenters. The van der Waals surface area contributed by atoms with E-state index in [2.05, 4.69) is 56.3 Å². The highest BCUT2D eigenvalue weighted by Crippen LogP contribution is 2.35. The van der Waals surface area contributed by atoms with Crippen molar-refractivity contribution < 1.29 is 4.79 Å². The molecule has 1 aliphatic carbocycles. The highest BCUT2D eigenvalue weighted by Gasteiger charge is 2.23. The molecular formula is C34H41N5O. The van der Waals surface area contributed by atoms with Crippen LogP contribution in [0.3, 0.4) is 0 Å². The van der Waals surface area contributed by atoms with E-state index < -0.39 is 0 Å². The number of nitrogens with zero attached hydrogens (tertiary/aromatic N) is 4. The SMILES string of the molecule is CC1=C(C(=O)Nc2ccc(CN3CCCCC3)nc2)c2cc(-c3cncc(N4CCCCC4)c3)ccc2CCC1. The first-order valence-corrected chi connectivity index (χ1v) is 15.2. The summed E-state index contributed by atoms with van der Waals surface area (Å²) < 4.78 is 0. The Hall–Kier alpha value is -3.51. The Bertz CT molecular complexity index is 1370. The van der Waals surface area contributed by atoms with E-state index in [-0.39, 0.29) is 5.91 Å². The maximum Gasteiger partial charge on any atom is 0.256 e. The number of carbonyl (C=O) groups excluding carboxylic acids is 1. The molecule has 2 aromatic heterocycles. The summed E-state index contributed by atoms with van der Waals surface area (Å²) in [6.45, 7) is 7.46. The smallest absolute Gasteiger partial charge is 0.256 e. The molecule has 0 spiro atoms. The second kappa shape index (κ2) is 12.3. The summed E-state index contributed by atoms with van der Waals surface area (Å²) >= 11 is 0. The van der Waals surface area contributed by atoms with Crippen molar-refractivity contribution in [1.82, 2.24) is 14.9 Å². The second-order valence-electron chi connectivity index (χ2n) is 11.7. The van der Waals surface area contributed by atoms with E-state index in [4.69, 9.17) is 0 Å². The van der Waals surface area contributed by atoms with Crippen molar-refractivity contribution >= 4 is 22.9 Å². The zero-order valence-electron chi connectivity index (χ0n) is 23.8. The maximum atomic E-state index is 13.8. The van der Waals surface area contributed by atoms with E-state index in [1.807, 2.05) is 24.5 Å². The molecule has 0 radical (unpaired) electrons. The van der Waals surface area contributed by atoms with Gasteiger partial charge in [0.05, 0.1) is 29.5 Å². The van der Waals surface area contributed by atoms with Gasteiger partial charge < -0.3 is 10.2 Å². The Balaban J connectivity index is 1.23. The number of amides is 1. The number of hydrogen-bond donors (Lipinski definition) is 1. The van der Waals surface area contributed by atoms with E-state index in [0.717, 1.165) is 91.2 Å². The lowest BCUT2D eigenvalue weighted by molar-refractivity contribution is -0.111. The number of nitrogens with one attached hydrogen (secondary N) is 1. The van der Waals surface area contributed by atoms with Crippen LogP contribution < -0.4 is 10.2 Å². The lowest BCUT2D eigenvalue weighted by atomic mass is 9.92. The van der Waals surface area contributed by atoms with Crippen molar-refractivity contribution in [2.45, 2.75) is 71.3 Å². The van der Waals surface area contributed by atoms with Crippen molar-refractivity contribution in [2.75, 3.05) is 36.4 Å². The van der Waals surface area contributed by atoms with E-state index in [1.165, 1.54) is 49.8 Å². The first-order valence-electron chi connectivity index (χ1n) is 15.2. The minimum absolute atomic E-state index is 0.0522. The molecule has 2 aliphatic heterocycles. The predicted molar refractivity (Wildman–Crippen MR) is 163 cm³/mol. The number of fused-ring (bicyclic) bond motifs is 1. The third-order valence-corrected chi connectivity index (χ3v) is 8.73. The van der Waals surface area contributed by atoms with Gasteiger partial charge in [0.15, 0.2) is 0 Å². The highest BCUT2D eigenvalue weighted by atomic mass is 16.1. The number of anilines is 2. The number of carbonyl (C=O) groups is 1. The van der Waals surface area contributed by atoms with Gasteiger partial charge in [0, 0.05) is 37.0 Å². The van der Waals surface area contributed by atoms with Gasteiger partial charge >= 0.3 is 0 Å². The van der Waals surface area contributed by atoms with Gasteiger partial charge in [0.1, 0.15) is 0 Å². The topological polar surface area (TPSA) is 61.4 Å². The maximum absolute atomic E-state index is 13.8. The van der Waals surface area contributed by atoms with Gasteiger partial charge in [-0.1, -0.05) is 24.1 Å². The zero-order chi connectivity index (χ0) is 27.3. The molecule has 6 rings (SSSR count). The van der Waals surface area contributed by atoms with Crippen LogP contribution in [0.2, 0.25) is 0 Å². The number of piperidine rings is 2. The lowest BCUT2D eigenvalue weighted by Gasteiger charge is -2.28. The molecule has 0 bridgehead atoms. The van der Waals surface area contributed by atoms with Crippen molar-refractivity contribution in [1.29, 1.82) is 0 Å². The number of likely N-dealkylation sites (tertiary alicyclic amines) is 1. The van der Waals surface area contributed by atoms with Gasteiger partial charge in [-0.25, -0.2) is 0 Å². The second-order valence-corrected chi connectivity index (χ2v) is 11.7. The Morgan fingerprint density at radius 2 is 1.62 bits per heavy atom. The van der Waals surface area contributed by atoms with Crippen molar-refractivity contribution in [3.8, 4) is 11.1 Å². The van der Waals surface area contributed by atoms with Crippen LogP contribution in [0.5, 0.6) is 0 Å². The molecule has 40 heavy (non-hydrogen) atoms. The van der Waals surface area contributed by atoms with Crippen LogP contribution in [0.25, 0.3) is 16.7 Å². The van der Waals surface area contributed by atoms with Crippen LogP contribution in [0.15, 0.2) is 60.6 Å². The first kappa shape index (κ1) is 26.7. The minimum atomic E-state index is -0.0522. The first-order chi connectivity index (χ1) is 19.6. The van der Waals surface area contributed by atoms with Crippen LogP contribution in [-0.2, 0) is 17.8 Å². The summed E-state index contributed by atoms with van der Waals surface area (Å²) in [5.74, 6) is -0.0522. The van der Waals surface area contributed by atoms with Gasteiger partial charge in [-0.2, -0.15) is 0 Å². The van der Waals surface area contributed by atoms with Crippen molar-refractivity contribution in [2.24, 2.45) is 0 Å². The summed E-state index contributed by atoms with van der Waals surface area (Å²) in [4.78, 5) is 28.0. The number of pyridine rings is 2. The Morgan fingerprint density at radius 3 is 2.40 bits per heavy atom. The number of rotatable bonds is 6. The molecule has 2 saturated heterocycles. The van der Waals surface area contributed by atoms with E-state index in [9.17, 15) is 4.79 Å². The largest absolute Gasteiger partial charge is 0.370 e. The molecule has 4 heterocycles. The van der Waals surface area contributed by atoms with Crippen LogP contribution in [0, 0.1) is 0 Å². The number of benzene rings is 1. The third-order valence-electron chi connectivity index (χ3n) is 8.73. The molecule has 6 nitrogen and oxygen atoms in total. The normalized spacial score (nSPS) is 18.3. The van der Waals surface area contributed by atoms with E-state index >= 15 is 0 Å². The average Bonchev–Trinajstić information content (AvgIpc) is 3.16. The standard InChI is InChI=1S/C34H41N5O/c1-25-9-8-10-26-11-12-27(28-19-31(23-35-21-28)39-17-6-3-7-18-39)20-32(26)33(25)34(40)37-29-13-14-30(36-22-29)24-38-15-4-2-5-16-38/h11-14,19-23H,2-10,15-18,24H2,1H3,(H,37,40). The highest BCUT2D eigenvalue weighted by molar-refractivity contribution is 6.26. The van der Waals surface area contributed by atoms with Gasteiger partial charge in [-0.3, -0.25) is 19.7 Å². The zero-order valence-corrected chi connectivity index (χ0v) is 23.8. The molecule has 1 aromatic carbocycles. The van der Waals surface area contributed by atoms with Gasteiger partial charge in [-0.05, 0) is 112 Å². The molecule has 2 fully saturated rings. The number of allylic oxidation sites excluding steroid dienone is 1. The van der Waals surface area contributed by atoms with Gasteiger partial charge in [0.25, 0.3) is 5.91 Å². The average molecular weight is 536 g/mol. The van der Waals surface area contributed by atoms with Crippen LogP contribution in [-0.4, -0.2) is 47.0 Å². The molecule has 1 amide bonds. The fourth-order valence-electron chi connectivity index (χ4n) is 6.46. The van der Waals surface area contributed by atoms with Gasteiger partial charge in [0.2, 0.25) is 0 Å². The Labute approximate surface area is 238 Å². The fraction of sp³-hybridized carbons (Fsp3) is 0.441. The Kier molecular flexibility index (Phi) is 8.24. The third kappa shape index (κ3) is 6.12.